The average molecular weight is 301 g/mol. The van der Waals surface area contributed by atoms with Crippen molar-refractivity contribution in [3.63, 3.8) is 0 Å². The Hall–Kier alpha value is -1.44. The molecule has 1 atom stereocenters. The molecule has 0 amide bonds. The van der Waals surface area contributed by atoms with Gasteiger partial charge in [-0.3, -0.25) is 5.84 Å². The highest BCUT2D eigenvalue weighted by molar-refractivity contribution is 7.09. The molecule has 2 aromatic rings. The minimum absolute atomic E-state index is 0.415. The van der Waals surface area contributed by atoms with Crippen molar-refractivity contribution in [2.75, 3.05) is 0 Å². The predicted molar refractivity (Wildman–Crippen MR) is 72.2 cm³/mol. The topological polar surface area (TPSA) is 50.9 Å². The van der Waals surface area contributed by atoms with Crippen molar-refractivity contribution in [1.29, 1.82) is 0 Å². The Bertz CT molecular complexity index is 607. The van der Waals surface area contributed by atoms with Gasteiger partial charge >= 0.3 is 6.18 Å². The number of benzene rings is 1. The van der Waals surface area contributed by atoms with Crippen LogP contribution in [0.1, 0.15) is 33.4 Å². The van der Waals surface area contributed by atoms with E-state index < -0.39 is 17.8 Å². The second kappa shape index (κ2) is 5.51. The first kappa shape index (κ1) is 15.0. The number of nitrogens with one attached hydrogen (secondary N) is 1. The third-order valence-electron chi connectivity index (χ3n) is 3.01. The number of nitrogens with zero attached hydrogens (tertiary/aromatic N) is 1. The highest BCUT2D eigenvalue weighted by Crippen LogP contribution is 2.33. The molecule has 3 N–H and O–H groups in total. The van der Waals surface area contributed by atoms with Crippen LogP contribution in [0.15, 0.2) is 23.6 Å². The predicted octanol–water partition coefficient (Wildman–Crippen LogP) is 3.33. The van der Waals surface area contributed by atoms with Crippen LogP contribution in [-0.2, 0) is 6.18 Å². The van der Waals surface area contributed by atoms with Gasteiger partial charge in [0.05, 0.1) is 22.3 Å². The van der Waals surface area contributed by atoms with Crippen LogP contribution in [-0.4, -0.2) is 4.98 Å². The van der Waals surface area contributed by atoms with E-state index in [-0.39, 0.29) is 0 Å². The zero-order valence-corrected chi connectivity index (χ0v) is 11.8. The molecule has 1 aromatic carbocycles. The molecule has 108 valence electrons. The van der Waals surface area contributed by atoms with Crippen LogP contribution in [0.25, 0.3) is 0 Å². The van der Waals surface area contributed by atoms with E-state index in [2.05, 4.69) is 10.4 Å². The number of rotatable bonds is 3. The fourth-order valence-corrected chi connectivity index (χ4v) is 2.66. The summed E-state index contributed by atoms with van der Waals surface area (Å²) in [5.74, 6) is 5.53. The molecule has 1 unspecified atom stereocenters. The van der Waals surface area contributed by atoms with Gasteiger partial charge in [-0.2, -0.15) is 13.2 Å². The maximum absolute atomic E-state index is 12.7. The first-order valence-corrected chi connectivity index (χ1v) is 6.77. The second-order valence-corrected chi connectivity index (χ2v) is 5.52. The number of thiazole rings is 1. The number of aromatic nitrogens is 1. The highest BCUT2D eigenvalue weighted by Gasteiger charge is 2.31. The van der Waals surface area contributed by atoms with Gasteiger partial charge in [-0.15, -0.1) is 11.3 Å². The van der Waals surface area contributed by atoms with Gasteiger partial charge in [0.15, 0.2) is 0 Å². The summed E-state index contributed by atoms with van der Waals surface area (Å²) in [6, 6.07) is 3.21. The van der Waals surface area contributed by atoms with E-state index in [0.29, 0.717) is 16.8 Å². The van der Waals surface area contributed by atoms with Crippen LogP contribution >= 0.6 is 11.3 Å². The summed E-state index contributed by atoms with van der Waals surface area (Å²) in [6.07, 6.45) is -4.34. The lowest BCUT2D eigenvalue weighted by atomic mass is 9.97. The lowest BCUT2D eigenvalue weighted by molar-refractivity contribution is -0.137. The van der Waals surface area contributed by atoms with Gasteiger partial charge in [0, 0.05) is 5.38 Å². The molecule has 3 nitrogen and oxygen atoms in total. The maximum atomic E-state index is 12.7. The fraction of sp³-hybridized carbons (Fsp3) is 0.308. The lowest BCUT2D eigenvalue weighted by Gasteiger charge is -2.18. The normalized spacial score (nSPS) is 13.5. The van der Waals surface area contributed by atoms with Crippen molar-refractivity contribution >= 4 is 11.3 Å². The molecule has 20 heavy (non-hydrogen) atoms. The van der Waals surface area contributed by atoms with Crippen LogP contribution in [0, 0.1) is 13.8 Å². The zero-order valence-electron chi connectivity index (χ0n) is 11.0. The van der Waals surface area contributed by atoms with Gasteiger partial charge in [0.25, 0.3) is 0 Å². The van der Waals surface area contributed by atoms with E-state index in [4.69, 9.17) is 5.84 Å². The summed E-state index contributed by atoms with van der Waals surface area (Å²) < 4.78 is 38.0. The third kappa shape index (κ3) is 3.00. The summed E-state index contributed by atoms with van der Waals surface area (Å²) in [7, 11) is 0. The van der Waals surface area contributed by atoms with Crippen LogP contribution in [0.3, 0.4) is 0 Å². The number of halogens is 3. The van der Waals surface area contributed by atoms with E-state index in [0.717, 1.165) is 17.1 Å². The molecule has 0 spiro atoms. The van der Waals surface area contributed by atoms with Gasteiger partial charge in [-0.1, -0.05) is 6.07 Å². The second-order valence-electron chi connectivity index (χ2n) is 4.46. The highest BCUT2D eigenvalue weighted by atomic mass is 32.1. The number of hydrogen-bond donors (Lipinski definition) is 2. The van der Waals surface area contributed by atoms with Crippen molar-refractivity contribution in [2.24, 2.45) is 5.84 Å². The monoisotopic (exact) mass is 301 g/mol. The molecular weight excluding hydrogens is 287 g/mol. The minimum atomic E-state index is -4.34. The number of aryl methyl sites for hydroxylation is 2. The SMILES string of the molecule is Cc1nc(C(NN)c2ccc(C(F)(F)F)cc2C)cs1. The lowest BCUT2D eigenvalue weighted by Crippen LogP contribution is -2.29. The van der Waals surface area contributed by atoms with Crippen molar-refractivity contribution in [1.82, 2.24) is 10.4 Å². The largest absolute Gasteiger partial charge is 0.416 e. The molecular formula is C13H14F3N3S. The number of alkyl halides is 3. The standard InChI is InChI=1S/C13H14F3N3S/c1-7-5-9(13(14,15)16)3-4-10(7)12(19-17)11-6-20-8(2)18-11/h3-6,12,19H,17H2,1-2H3. The molecule has 0 aliphatic heterocycles. The van der Waals surface area contributed by atoms with E-state index in [1.54, 1.807) is 6.92 Å². The van der Waals surface area contributed by atoms with E-state index in [9.17, 15) is 13.2 Å². The van der Waals surface area contributed by atoms with Gasteiger partial charge in [0.2, 0.25) is 0 Å². The molecule has 1 aromatic heterocycles. The smallest absolute Gasteiger partial charge is 0.271 e. The van der Waals surface area contributed by atoms with Crippen molar-refractivity contribution in [3.05, 3.63) is 51.0 Å². The Kier molecular flexibility index (Phi) is 4.12. The van der Waals surface area contributed by atoms with E-state index in [1.807, 2.05) is 12.3 Å². The number of nitrogens with two attached hydrogens (primary N) is 1. The van der Waals surface area contributed by atoms with E-state index >= 15 is 0 Å². The molecule has 0 fully saturated rings. The molecule has 1 heterocycles. The Morgan fingerprint density at radius 3 is 2.45 bits per heavy atom. The van der Waals surface area contributed by atoms with Gasteiger partial charge in [-0.05, 0) is 37.1 Å². The fourth-order valence-electron chi connectivity index (χ4n) is 2.02. The van der Waals surface area contributed by atoms with E-state index in [1.165, 1.54) is 17.4 Å². The molecule has 0 bridgehead atoms. The summed E-state index contributed by atoms with van der Waals surface area (Å²) >= 11 is 1.47. The minimum Gasteiger partial charge on any atom is -0.271 e. The first-order valence-electron chi connectivity index (χ1n) is 5.89. The van der Waals surface area contributed by atoms with Gasteiger partial charge in [-0.25, -0.2) is 10.4 Å². The average Bonchev–Trinajstić information content (AvgIpc) is 2.77. The summed E-state index contributed by atoms with van der Waals surface area (Å²) in [5.41, 5.74) is 3.86. The Morgan fingerprint density at radius 2 is 2.00 bits per heavy atom. The van der Waals surface area contributed by atoms with Crippen LogP contribution in [0.4, 0.5) is 13.2 Å². The molecule has 0 aliphatic carbocycles. The molecule has 7 heteroatoms. The molecule has 0 aliphatic rings. The number of hydrazine groups is 1. The summed E-state index contributed by atoms with van der Waals surface area (Å²) in [6.45, 7) is 3.50. The Balaban J connectivity index is 2.41. The van der Waals surface area contributed by atoms with Crippen LogP contribution in [0.2, 0.25) is 0 Å². The maximum Gasteiger partial charge on any atom is 0.416 e. The third-order valence-corrected chi connectivity index (χ3v) is 3.80. The van der Waals surface area contributed by atoms with Crippen molar-refractivity contribution in [2.45, 2.75) is 26.1 Å². The van der Waals surface area contributed by atoms with Crippen molar-refractivity contribution < 1.29 is 13.2 Å². The van der Waals surface area contributed by atoms with Crippen LogP contribution in [0.5, 0.6) is 0 Å². The molecule has 0 saturated heterocycles. The van der Waals surface area contributed by atoms with Crippen LogP contribution < -0.4 is 11.3 Å². The first-order chi connectivity index (χ1) is 9.32. The molecule has 0 radical (unpaired) electrons. The zero-order chi connectivity index (χ0) is 14.9. The summed E-state index contributed by atoms with van der Waals surface area (Å²) in [5, 5.41) is 2.72. The quantitative estimate of drug-likeness (QED) is 0.675. The molecule has 2 rings (SSSR count). The Morgan fingerprint density at radius 1 is 1.30 bits per heavy atom. The number of hydrogen-bond acceptors (Lipinski definition) is 4. The van der Waals surface area contributed by atoms with Crippen molar-refractivity contribution in [3.8, 4) is 0 Å². The van der Waals surface area contributed by atoms with Gasteiger partial charge in [0.1, 0.15) is 0 Å². The van der Waals surface area contributed by atoms with Gasteiger partial charge < -0.3 is 0 Å². The summed E-state index contributed by atoms with van der Waals surface area (Å²) in [4.78, 5) is 4.32. The Labute approximate surface area is 118 Å². The molecule has 0 saturated carbocycles.